The van der Waals surface area contributed by atoms with Gasteiger partial charge in [-0.2, -0.15) is 0 Å². The number of anilines is 1. The maximum Gasteiger partial charge on any atom is 0.270 e. The Morgan fingerprint density at radius 1 is 1.19 bits per heavy atom. The van der Waals surface area contributed by atoms with Gasteiger partial charge in [-0.1, -0.05) is 29.8 Å². The van der Waals surface area contributed by atoms with Crippen molar-refractivity contribution in [2.45, 2.75) is 25.4 Å². The molecule has 1 aromatic carbocycles. The number of hydrogen-bond donors (Lipinski definition) is 2. The van der Waals surface area contributed by atoms with Crippen LogP contribution in [0.15, 0.2) is 42.5 Å². The summed E-state index contributed by atoms with van der Waals surface area (Å²) in [5.74, 6) is 0.584. The van der Waals surface area contributed by atoms with Gasteiger partial charge < -0.3 is 10.6 Å². The number of hydrogen-bond acceptors (Lipinski definition) is 3. The molecule has 4 nitrogen and oxygen atoms in total. The van der Waals surface area contributed by atoms with Crippen molar-refractivity contribution >= 4 is 23.3 Å². The van der Waals surface area contributed by atoms with Gasteiger partial charge >= 0.3 is 0 Å². The molecule has 1 amide bonds. The number of amides is 1. The lowest BCUT2D eigenvalue weighted by molar-refractivity contribution is 0.0946. The molecule has 1 aliphatic rings. The Labute approximate surface area is 128 Å². The summed E-state index contributed by atoms with van der Waals surface area (Å²) in [7, 11) is 0. The van der Waals surface area contributed by atoms with Crippen LogP contribution in [0.3, 0.4) is 0 Å². The van der Waals surface area contributed by atoms with Crippen molar-refractivity contribution in [1.29, 1.82) is 0 Å². The van der Waals surface area contributed by atoms with E-state index < -0.39 is 0 Å². The molecule has 1 fully saturated rings. The molecule has 2 aromatic rings. The first-order valence-electron chi connectivity index (χ1n) is 6.97. The second-order valence-electron chi connectivity index (χ2n) is 5.14. The molecular formula is C16H16ClN3O. The molecule has 1 saturated carbocycles. The minimum atomic E-state index is -0.176. The first-order valence-corrected chi connectivity index (χ1v) is 7.35. The van der Waals surface area contributed by atoms with Gasteiger partial charge in [-0.15, -0.1) is 0 Å². The second kappa shape index (κ2) is 6.14. The Kier molecular flexibility index (Phi) is 4.06. The van der Waals surface area contributed by atoms with Gasteiger partial charge in [0.1, 0.15) is 11.5 Å². The van der Waals surface area contributed by atoms with E-state index in [1.807, 2.05) is 36.4 Å². The molecule has 0 bridgehead atoms. The lowest BCUT2D eigenvalue weighted by Crippen LogP contribution is -2.24. The monoisotopic (exact) mass is 301 g/mol. The zero-order chi connectivity index (χ0) is 14.7. The van der Waals surface area contributed by atoms with Crippen molar-refractivity contribution < 1.29 is 4.79 Å². The molecule has 108 valence electrons. The number of benzene rings is 1. The van der Waals surface area contributed by atoms with Gasteiger partial charge in [0.15, 0.2) is 0 Å². The molecule has 1 aromatic heterocycles. The van der Waals surface area contributed by atoms with Gasteiger partial charge in [-0.25, -0.2) is 4.98 Å². The molecule has 0 atom stereocenters. The third-order valence-corrected chi connectivity index (χ3v) is 3.53. The van der Waals surface area contributed by atoms with E-state index in [4.69, 9.17) is 11.6 Å². The summed E-state index contributed by atoms with van der Waals surface area (Å²) in [4.78, 5) is 16.4. The molecule has 0 aliphatic heterocycles. The summed E-state index contributed by atoms with van der Waals surface area (Å²) in [6.07, 6.45) is 2.35. The smallest absolute Gasteiger partial charge is 0.270 e. The van der Waals surface area contributed by atoms with Crippen LogP contribution in [-0.2, 0) is 6.54 Å². The number of nitrogens with one attached hydrogen (secondary N) is 2. The zero-order valence-corrected chi connectivity index (χ0v) is 12.2. The SMILES string of the molecule is O=C(NCc1ccc(Cl)cc1)c1cccc(NC2CC2)n1. The topological polar surface area (TPSA) is 54.0 Å². The van der Waals surface area contributed by atoms with Gasteiger partial charge in [-0.05, 0) is 42.7 Å². The Balaban J connectivity index is 1.60. The van der Waals surface area contributed by atoms with Crippen molar-refractivity contribution in [3.63, 3.8) is 0 Å². The van der Waals surface area contributed by atoms with Crippen LogP contribution < -0.4 is 10.6 Å². The number of carbonyl (C=O) groups is 1. The quantitative estimate of drug-likeness (QED) is 0.891. The van der Waals surface area contributed by atoms with Gasteiger partial charge in [0.05, 0.1) is 0 Å². The summed E-state index contributed by atoms with van der Waals surface area (Å²) >= 11 is 5.83. The van der Waals surface area contributed by atoms with Crippen LogP contribution in [0, 0.1) is 0 Å². The summed E-state index contributed by atoms with van der Waals surface area (Å²) in [5.41, 5.74) is 1.43. The Bertz CT molecular complexity index is 638. The largest absolute Gasteiger partial charge is 0.367 e. The summed E-state index contributed by atoms with van der Waals surface area (Å²) in [6.45, 7) is 0.456. The molecule has 0 unspecified atom stereocenters. The van der Waals surface area contributed by atoms with Gasteiger partial charge in [0, 0.05) is 17.6 Å². The lowest BCUT2D eigenvalue weighted by atomic mass is 10.2. The highest BCUT2D eigenvalue weighted by Gasteiger charge is 2.21. The molecule has 5 heteroatoms. The van der Waals surface area contributed by atoms with E-state index in [9.17, 15) is 4.79 Å². The molecule has 1 heterocycles. The van der Waals surface area contributed by atoms with Crippen molar-refractivity contribution in [2.24, 2.45) is 0 Å². The van der Waals surface area contributed by atoms with Crippen LogP contribution in [0.4, 0.5) is 5.82 Å². The zero-order valence-electron chi connectivity index (χ0n) is 11.5. The highest BCUT2D eigenvalue weighted by Crippen LogP contribution is 2.23. The Morgan fingerprint density at radius 3 is 2.67 bits per heavy atom. The molecule has 2 N–H and O–H groups in total. The van der Waals surface area contributed by atoms with E-state index in [0.717, 1.165) is 11.4 Å². The lowest BCUT2D eigenvalue weighted by Gasteiger charge is -2.07. The highest BCUT2D eigenvalue weighted by molar-refractivity contribution is 6.30. The van der Waals surface area contributed by atoms with E-state index in [-0.39, 0.29) is 5.91 Å². The third-order valence-electron chi connectivity index (χ3n) is 3.28. The van der Waals surface area contributed by atoms with E-state index in [2.05, 4.69) is 15.6 Å². The first kappa shape index (κ1) is 13.9. The fraction of sp³-hybridized carbons (Fsp3) is 0.250. The first-order chi connectivity index (χ1) is 10.2. The summed E-state index contributed by atoms with van der Waals surface area (Å²) in [6, 6.07) is 13.4. The maximum absolute atomic E-state index is 12.1. The number of carbonyl (C=O) groups excluding carboxylic acids is 1. The van der Waals surface area contributed by atoms with Gasteiger partial charge in [0.2, 0.25) is 0 Å². The minimum Gasteiger partial charge on any atom is -0.367 e. The number of aromatic nitrogens is 1. The van der Waals surface area contributed by atoms with Gasteiger partial charge in [-0.3, -0.25) is 4.79 Å². The third kappa shape index (κ3) is 3.95. The number of rotatable bonds is 5. The number of pyridine rings is 1. The van der Waals surface area contributed by atoms with E-state index in [1.165, 1.54) is 12.8 Å². The van der Waals surface area contributed by atoms with Gasteiger partial charge in [0.25, 0.3) is 5.91 Å². The Morgan fingerprint density at radius 2 is 1.95 bits per heavy atom. The fourth-order valence-corrected chi connectivity index (χ4v) is 2.08. The van der Waals surface area contributed by atoms with E-state index >= 15 is 0 Å². The van der Waals surface area contributed by atoms with Crippen molar-refractivity contribution in [3.05, 3.63) is 58.7 Å². The fourth-order valence-electron chi connectivity index (χ4n) is 1.95. The molecule has 1 aliphatic carbocycles. The predicted molar refractivity (Wildman–Crippen MR) is 83.5 cm³/mol. The van der Waals surface area contributed by atoms with Crippen LogP contribution in [0.5, 0.6) is 0 Å². The maximum atomic E-state index is 12.1. The van der Waals surface area contributed by atoms with Crippen molar-refractivity contribution in [3.8, 4) is 0 Å². The number of nitrogens with zero attached hydrogens (tertiary/aromatic N) is 1. The second-order valence-corrected chi connectivity index (χ2v) is 5.57. The van der Waals surface area contributed by atoms with E-state index in [1.54, 1.807) is 6.07 Å². The Hall–Kier alpha value is -2.07. The van der Waals surface area contributed by atoms with Crippen LogP contribution in [-0.4, -0.2) is 16.9 Å². The average Bonchev–Trinajstić information content (AvgIpc) is 3.30. The molecular weight excluding hydrogens is 286 g/mol. The van der Waals surface area contributed by atoms with Crippen molar-refractivity contribution in [2.75, 3.05) is 5.32 Å². The molecule has 0 saturated heterocycles. The molecule has 0 radical (unpaired) electrons. The summed E-state index contributed by atoms with van der Waals surface area (Å²) < 4.78 is 0. The van der Waals surface area contributed by atoms with E-state index in [0.29, 0.717) is 23.3 Å². The van der Waals surface area contributed by atoms with Crippen LogP contribution in [0.1, 0.15) is 28.9 Å². The predicted octanol–water partition coefficient (Wildman–Crippen LogP) is 3.24. The minimum absolute atomic E-state index is 0.176. The summed E-state index contributed by atoms with van der Waals surface area (Å²) in [5, 5.41) is 6.83. The normalized spacial score (nSPS) is 13.8. The standard InChI is InChI=1S/C16H16ClN3O/c17-12-6-4-11(5-7-12)10-18-16(21)14-2-1-3-15(20-14)19-13-8-9-13/h1-7,13H,8-10H2,(H,18,21)(H,19,20). The average molecular weight is 302 g/mol. The molecule has 0 spiro atoms. The van der Waals surface area contributed by atoms with Crippen LogP contribution in [0.25, 0.3) is 0 Å². The molecule has 3 rings (SSSR count). The molecule has 21 heavy (non-hydrogen) atoms. The highest BCUT2D eigenvalue weighted by atomic mass is 35.5. The van der Waals surface area contributed by atoms with Crippen LogP contribution in [0.2, 0.25) is 5.02 Å². The number of halogens is 1. The van der Waals surface area contributed by atoms with Crippen LogP contribution >= 0.6 is 11.6 Å². The van der Waals surface area contributed by atoms with Crippen molar-refractivity contribution in [1.82, 2.24) is 10.3 Å².